The zero-order chi connectivity index (χ0) is 11.8. The van der Waals surface area contributed by atoms with Gasteiger partial charge in [-0.3, -0.25) is 4.90 Å². The van der Waals surface area contributed by atoms with Gasteiger partial charge in [-0.2, -0.15) is 0 Å². The predicted molar refractivity (Wildman–Crippen MR) is 68.2 cm³/mol. The maximum atomic E-state index is 5.59. The molecule has 0 aromatic carbocycles. The maximum Gasteiger partial charge on any atom is 0.0686 e. The second-order valence-corrected chi connectivity index (χ2v) is 5.65. The quantitative estimate of drug-likeness (QED) is 0.730. The fourth-order valence-electron chi connectivity index (χ4n) is 2.95. The monoisotopic (exact) mass is 220 g/mol. The van der Waals surface area contributed by atoms with Crippen molar-refractivity contribution in [3.05, 3.63) is 0 Å². The molecule has 90 valence electrons. The summed E-state index contributed by atoms with van der Waals surface area (Å²) in [6.45, 7) is 8.98. The van der Waals surface area contributed by atoms with E-state index in [9.17, 15) is 0 Å². The predicted octanol–water partition coefficient (Wildman–Crippen LogP) is 1.86. The summed E-state index contributed by atoms with van der Waals surface area (Å²) in [6.07, 6.45) is 9.54. The van der Waals surface area contributed by atoms with Gasteiger partial charge in [-0.15, -0.1) is 6.42 Å². The van der Waals surface area contributed by atoms with E-state index in [1.807, 2.05) is 0 Å². The van der Waals surface area contributed by atoms with Crippen molar-refractivity contribution < 1.29 is 0 Å². The molecule has 2 fully saturated rings. The number of nitrogens with one attached hydrogen (secondary N) is 1. The Balaban J connectivity index is 2.08. The first-order valence-electron chi connectivity index (χ1n) is 6.57. The number of terminal acetylenes is 1. The van der Waals surface area contributed by atoms with Crippen LogP contribution in [0.2, 0.25) is 0 Å². The van der Waals surface area contributed by atoms with E-state index in [0.29, 0.717) is 11.6 Å². The minimum Gasteiger partial charge on any atom is -0.308 e. The summed E-state index contributed by atoms with van der Waals surface area (Å²) in [5.41, 5.74) is 0.302. The first kappa shape index (κ1) is 12.0. The molecule has 2 rings (SSSR count). The topological polar surface area (TPSA) is 15.3 Å². The molecule has 2 heteroatoms. The summed E-state index contributed by atoms with van der Waals surface area (Å²) in [7, 11) is 0. The van der Waals surface area contributed by atoms with E-state index in [1.54, 1.807) is 0 Å². The zero-order valence-corrected chi connectivity index (χ0v) is 10.8. The number of hydrogen-bond donors (Lipinski definition) is 1. The number of hydrogen-bond acceptors (Lipinski definition) is 2. The molecule has 0 aromatic rings. The van der Waals surface area contributed by atoms with Crippen LogP contribution >= 0.6 is 0 Å². The molecule has 1 aliphatic heterocycles. The van der Waals surface area contributed by atoms with Crippen molar-refractivity contribution >= 4 is 0 Å². The van der Waals surface area contributed by atoms with Crippen LogP contribution in [0.3, 0.4) is 0 Å². The Morgan fingerprint density at radius 1 is 1.56 bits per heavy atom. The van der Waals surface area contributed by atoms with Crippen LogP contribution in [-0.4, -0.2) is 35.6 Å². The zero-order valence-electron chi connectivity index (χ0n) is 10.8. The van der Waals surface area contributed by atoms with E-state index in [0.717, 1.165) is 19.0 Å². The van der Waals surface area contributed by atoms with Gasteiger partial charge in [-0.25, -0.2) is 0 Å². The molecular weight excluding hydrogens is 196 g/mol. The highest BCUT2D eigenvalue weighted by molar-refractivity contribution is 5.08. The molecule has 2 aliphatic rings. The molecule has 3 atom stereocenters. The van der Waals surface area contributed by atoms with Crippen molar-refractivity contribution in [3.63, 3.8) is 0 Å². The molecule has 0 bridgehead atoms. The van der Waals surface area contributed by atoms with Crippen molar-refractivity contribution in [1.29, 1.82) is 0 Å². The van der Waals surface area contributed by atoms with Gasteiger partial charge in [0.2, 0.25) is 0 Å². The Morgan fingerprint density at radius 2 is 2.25 bits per heavy atom. The highest BCUT2D eigenvalue weighted by Gasteiger charge is 2.46. The van der Waals surface area contributed by atoms with E-state index >= 15 is 0 Å². The molecular formula is C14H24N2. The molecule has 3 unspecified atom stereocenters. The van der Waals surface area contributed by atoms with Crippen molar-refractivity contribution in [3.8, 4) is 12.3 Å². The third-order valence-corrected chi connectivity index (χ3v) is 4.41. The molecule has 0 amide bonds. The normalized spacial score (nSPS) is 38.0. The Labute approximate surface area is 99.8 Å². The van der Waals surface area contributed by atoms with Crippen LogP contribution in [0.15, 0.2) is 0 Å². The lowest BCUT2D eigenvalue weighted by molar-refractivity contribution is 0.0594. The SMILES string of the molecule is C#CC(C)N1CC(C)(C2CC2)NCC1CC. The van der Waals surface area contributed by atoms with Gasteiger partial charge in [0.1, 0.15) is 0 Å². The van der Waals surface area contributed by atoms with Gasteiger partial charge in [-0.1, -0.05) is 12.8 Å². The van der Waals surface area contributed by atoms with Gasteiger partial charge in [0.15, 0.2) is 0 Å². The lowest BCUT2D eigenvalue weighted by atomic mass is 9.89. The molecule has 0 aromatic heterocycles. The van der Waals surface area contributed by atoms with E-state index in [2.05, 4.69) is 36.9 Å². The molecule has 0 radical (unpaired) electrons. The molecule has 1 aliphatic carbocycles. The summed E-state index contributed by atoms with van der Waals surface area (Å²) in [5.74, 6) is 3.77. The van der Waals surface area contributed by atoms with Gasteiger partial charge < -0.3 is 5.32 Å². The first-order valence-corrected chi connectivity index (χ1v) is 6.57. The molecule has 16 heavy (non-hydrogen) atoms. The van der Waals surface area contributed by atoms with Crippen LogP contribution in [0.25, 0.3) is 0 Å². The van der Waals surface area contributed by atoms with Gasteiger partial charge in [0, 0.05) is 24.7 Å². The van der Waals surface area contributed by atoms with Crippen LogP contribution in [0.4, 0.5) is 0 Å². The van der Waals surface area contributed by atoms with Crippen LogP contribution in [0.5, 0.6) is 0 Å². The van der Waals surface area contributed by atoms with Gasteiger partial charge in [-0.05, 0) is 39.0 Å². The fraction of sp³-hybridized carbons (Fsp3) is 0.857. The Bertz CT molecular complexity index is 290. The summed E-state index contributed by atoms with van der Waals surface area (Å²) in [4.78, 5) is 2.52. The van der Waals surface area contributed by atoms with Crippen LogP contribution < -0.4 is 5.32 Å². The van der Waals surface area contributed by atoms with Crippen molar-refractivity contribution in [2.45, 2.75) is 57.7 Å². The summed E-state index contributed by atoms with van der Waals surface area (Å²) >= 11 is 0. The van der Waals surface area contributed by atoms with Crippen LogP contribution in [0, 0.1) is 18.3 Å². The average Bonchev–Trinajstić information content (AvgIpc) is 3.12. The highest BCUT2D eigenvalue weighted by atomic mass is 15.3. The van der Waals surface area contributed by atoms with E-state index in [-0.39, 0.29) is 6.04 Å². The minimum atomic E-state index is 0.269. The van der Waals surface area contributed by atoms with Gasteiger partial charge >= 0.3 is 0 Å². The second-order valence-electron chi connectivity index (χ2n) is 5.65. The molecule has 1 saturated heterocycles. The van der Waals surface area contributed by atoms with Crippen molar-refractivity contribution in [2.24, 2.45) is 5.92 Å². The standard InChI is InChI=1S/C14H24N2/c1-5-11(3)16-10-14(4,12-7-8-12)15-9-13(16)6-2/h1,11-13,15H,6-10H2,2-4H3. The van der Waals surface area contributed by atoms with Gasteiger partial charge in [0.05, 0.1) is 6.04 Å². The summed E-state index contributed by atoms with van der Waals surface area (Å²) in [5, 5.41) is 3.76. The third kappa shape index (κ3) is 2.12. The van der Waals surface area contributed by atoms with Crippen LogP contribution in [0.1, 0.15) is 40.0 Å². The average molecular weight is 220 g/mol. The Kier molecular flexibility index (Phi) is 3.28. The lowest BCUT2D eigenvalue weighted by Gasteiger charge is -2.48. The van der Waals surface area contributed by atoms with Crippen molar-refractivity contribution in [1.82, 2.24) is 10.2 Å². The Morgan fingerprint density at radius 3 is 2.75 bits per heavy atom. The molecule has 1 heterocycles. The summed E-state index contributed by atoms with van der Waals surface area (Å²) in [6, 6.07) is 0.878. The molecule has 0 spiro atoms. The van der Waals surface area contributed by atoms with E-state index < -0.39 is 0 Å². The number of piperazine rings is 1. The van der Waals surface area contributed by atoms with E-state index in [4.69, 9.17) is 6.42 Å². The van der Waals surface area contributed by atoms with E-state index in [1.165, 1.54) is 19.3 Å². The first-order chi connectivity index (χ1) is 7.60. The minimum absolute atomic E-state index is 0.269. The lowest BCUT2D eigenvalue weighted by Crippen LogP contribution is -2.65. The van der Waals surface area contributed by atoms with Gasteiger partial charge in [0.25, 0.3) is 0 Å². The summed E-state index contributed by atoms with van der Waals surface area (Å²) < 4.78 is 0. The third-order valence-electron chi connectivity index (χ3n) is 4.41. The highest BCUT2D eigenvalue weighted by Crippen LogP contribution is 2.41. The second kappa shape index (κ2) is 4.39. The number of nitrogens with zero attached hydrogens (tertiary/aromatic N) is 1. The molecule has 1 saturated carbocycles. The smallest absolute Gasteiger partial charge is 0.0686 e. The van der Waals surface area contributed by atoms with Crippen LogP contribution in [-0.2, 0) is 0 Å². The van der Waals surface area contributed by atoms with Crippen molar-refractivity contribution in [2.75, 3.05) is 13.1 Å². The fourth-order valence-corrected chi connectivity index (χ4v) is 2.95. The molecule has 1 N–H and O–H groups in total. The largest absolute Gasteiger partial charge is 0.308 e. The maximum absolute atomic E-state index is 5.59. The molecule has 2 nitrogen and oxygen atoms in total. The number of rotatable bonds is 3. The Hall–Kier alpha value is -0.520.